The number of anilines is 1. The summed E-state index contributed by atoms with van der Waals surface area (Å²) in [6.45, 7) is 3.64. The molecule has 2 heterocycles. The van der Waals surface area contributed by atoms with Gasteiger partial charge >= 0.3 is 0 Å². The van der Waals surface area contributed by atoms with E-state index in [9.17, 15) is 9.90 Å². The number of aromatic nitrogens is 1. The number of aliphatic hydroxyl groups excluding tert-OH is 1. The van der Waals surface area contributed by atoms with Crippen LogP contribution in [-0.2, 0) is 20.9 Å². The average molecular weight is 465 g/mol. The van der Waals surface area contributed by atoms with Gasteiger partial charge in [-0.25, -0.2) is 4.98 Å². The second-order valence-corrected chi connectivity index (χ2v) is 9.14. The van der Waals surface area contributed by atoms with E-state index in [1.54, 1.807) is 18.0 Å². The molecule has 0 radical (unpaired) electrons. The average Bonchev–Trinajstić information content (AvgIpc) is 2.84. The van der Waals surface area contributed by atoms with Crippen molar-refractivity contribution in [2.24, 2.45) is 5.92 Å². The van der Waals surface area contributed by atoms with Crippen LogP contribution in [0.25, 0.3) is 0 Å². The lowest BCUT2D eigenvalue weighted by atomic mass is 9.91. The van der Waals surface area contributed by atoms with E-state index in [1.165, 1.54) is 6.92 Å². The summed E-state index contributed by atoms with van der Waals surface area (Å²) in [6, 6.07) is 21.3. The van der Waals surface area contributed by atoms with Gasteiger partial charge in [0.2, 0.25) is 5.91 Å². The molecule has 4 atom stereocenters. The van der Waals surface area contributed by atoms with Crippen LogP contribution >= 0.6 is 11.8 Å². The molecule has 0 bridgehead atoms. The Labute approximate surface area is 198 Å². The fourth-order valence-corrected chi connectivity index (χ4v) is 4.86. The topological polar surface area (TPSA) is 80.7 Å². The molecular formula is C26H28N2O4S. The Bertz CT molecular complexity index is 1040. The van der Waals surface area contributed by atoms with Crippen LogP contribution < -0.4 is 5.32 Å². The summed E-state index contributed by atoms with van der Waals surface area (Å²) >= 11 is 1.67. The molecule has 2 aromatic carbocycles. The van der Waals surface area contributed by atoms with Crippen molar-refractivity contribution in [2.75, 3.05) is 11.1 Å². The smallest absolute Gasteiger partial charge is 0.221 e. The molecule has 1 aliphatic rings. The van der Waals surface area contributed by atoms with Gasteiger partial charge in [-0.05, 0) is 35.4 Å². The molecule has 172 valence electrons. The number of benzene rings is 2. The number of carbonyl (C=O) groups excluding carboxylic acids is 1. The summed E-state index contributed by atoms with van der Waals surface area (Å²) in [4.78, 5) is 15.7. The second kappa shape index (κ2) is 10.9. The van der Waals surface area contributed by atoms with Crippen molar-refractivity contribution in [1.29, 1.82) is 0 Å². The predicted molar refractivity (Wildman–Crippen MR) is 129 cm³/mol. The van der Waals surface area contributed by atoms with Crippen molar-refractivity contribution >= 4 is 23.4 Å². The Morgan fingerprint density at radius 2 is 1.76 bits per heavy atom. The monoisotopic (exact) mass is 464 g/mol. The van der Waals surface area contributed by atoms with Crippen LogP contribution in [0.15, 0.2) is 78.0 Å². The fourth-order valence-electron chi connectivity index (χ4n) is 3.84. The number of pyridine rings is 1. The first-order chi connectivity index (χ1) is 16.0. The van der Waals surface area contributed by atoms with Gasteiger partial charge in [0.15, 0.2) is 6.29 Å². The molecule has 7 heteroatoms. The molecule has 0 aliphatic carbocycles. The van der Waals surface area contributed by atoms with Crippen LogP contribution in [0.3, 0.4) is 0 Å². The van der Waals surface area contributed by atoms with Gasteiger partial charge in [0.05, 0.1) is 23.8 Å². The lowest BCUT2D eigenvalue weighted by Gasteiger charge is -2.41. The number of aliphatic hydroxyl groups is 1. The number of thioether (sulfide) groups is 1. The summed E-state index contributed by atoms with van der Waals surface area (Å²) in [5.41, 5.74) is 3.54. The third-order valence-corrected chi connectivity index (χ3v) is 6.69. The molecule has 1 aliphatic heterocycles. The molecule has 1 fully saturated rings. The van der Waals surface area contributed by atoms with E-state index < -0.39 is 6.29 Å². The molecule has 4 unspecified atom stereocenters. The molecule has 1 aromatic heterocycles. The minimum Gasteiger partial charge on any atom is -0.392 e. The van der Waals surface area contributed by atoms with Crippen molar-refractivity contribution in [1.82, 2.24) is 4.98 Å². The molecule has 6 nitrogen and oxygen atoms in total. The fraction of sp³-hybridized carbons (Fsp3) is 0.308. The van der Waals surface area contributed by atoms with Crippen molar-refractivity contribution in [3.8, 4) is 0 Å². The highest BCUT2D eigenvalue weighted by Crippen LogP contribution is 2.43. The van der Waals surface area contributed by atoms with E-state index in [-0.39, 0.29) is 30.6 Å². The van der Waals surface area contributed by atoms with Crippen LogP contribution in [0.5, 0.6) is 0 Å². The van der Waals surface area contributed by atoms with E-state index in [0.717, 1.165) is 33.2 Å². The van der Waals surface area contributed by atoms with Crippen LogP contribution in [0.2, 0.25) is 0 Å². The van der Waals surface area contributed by atoms with E-state index in [4.69, 9.17) is 9.47 Å². The normalized spacial score (nSPS) is 22.6. The zero-order valence-corrected chi connectivity index (χ0v) is 19.5. The number of nitrogens with one attached hydrogen (secondary N) is 1. The molecule has 2 N–H and O–H groups in total. The van der Waals surface area contributed by atoms with Crippen molar-refractivity contribution in [3.63, 3.8) is 0 Å². The van der Waals surface area contributed by atoms with Crippen LogP contribution in [0.1, 0.15) is 42.9 Å². The SMILES string of the molecule is CC(=O)Nc1ccc(C2OC(CSc3ccccn3)C(C)C(c3ccc(CO)cc3)O2)cc1. The second-order valence-electron chi connectivity index (χ2n) is 8.10. The number of rotatable bonds is 7. The highest BCUT2D eigenvalue weighted by atomic mass is 32.2. The Morgan fingerprint density at radius 3 is 2.39 bits per heavy atom. The van der Waals surface area contributed by atoms with Gasteiger partial charge < -0.3 is 19.9 Å². The number of ether oxygens (including phenoxy) is 2. The zero-order valence-electron chi connectivity index (χ0n) is 18.7. The highest BCUT2D eigenvalue weighted by molar-refractivity contribution is 7.99. The maximum atomic E-state index is 11.3. The van der Waals surface area contributed by atoms with Crippen molar-refractivity contribution in [3.05, 3.63) is 89.6 Å². The van der Waals surface area contributed by atoms with Gasteiger partial charge in [-0.1, -0.05) is 49.4 Å². The van der Waals surface area contributed by atoms with Crippen molar-refractivity contribution in [2.45, 2.75) is 44.0 Å². The Balaban J connectivity index is 1.57. The largest absolute Gasteiger partial charge is 0.392 e. The number of carbonyl (C=O) groups is 1. The van der Waals surface area contributed by atoms with E-state index in [0.29, 0.717) is 0 Å². The maximum Gasteiger partial charge on any atom is 0.221 e. The first-order valence-corrected chi connectivity index (χ1v) is 11.9. The van der Waals surface area contributed by atoms with Gasteiger partial charge in [0.1, 0.15) is 0 Å². The zero-order chi connectivity index (χ0) is 23.2. The van der Waals surface area contributed by atoms with Gasteiger partial charge in [0.25, 0.3) is 0 Å². The standard InChI is InChI=1S/C26H28N2O4S/c1-17-23(16-33-24-5-3-4-14-27-24)31-26(21-10-12-22(13-11-21)28-18(2)30)32-25(17)20-8-6-19(15-29)7-9-20/h3-14,17,23,25-26,29H,15-16H2,1-2H3,(H,28,30). The summed E-state index contributed by atoms with van der Waals surface area (Å²) in [7, 11) is 0. The van der Waals surface area contributed by atoms with E-state index in [1.807, 2.05) is 66.7 Å². The van der Waals surface area contributed by atoms with Gasteiger partial charge in [0, 0.05) is 36.0 Å². The van der Waals surface area contributed by atoms with Crippen LogP contribution in [-0.4, -0.2) is 27.9 Å². The highest BCUT2D eigenvalue weighted by Gasteiger charge is 2.38. The molecular weight excluding hydrogens is 436 g/mol. The first kappa shape index (κ1) is 23.4. The third kappa shape index (κ3) is 6.00. The summed E-state index contributed by atoms with van der Waals surface area (Å²) in [5, 5.41) is 13.1. The molecule has 1 saturated heterocycles. The molecule has 4 rings (SSSR count). The number of amides is 1. The summed E-state index contributed by atoms with van der Waals surface area (Å²) in [5.74, 6) is 0.739. The van der Waals surface area contributed by atoms with Crippen LogP contribution in [0.4, 0.5) is 5.69 Å². The van der Waals surface area contributed by atoms with Crippen LogP contribution in [0, 0.1) is 5.92 Å². The van der Waals surface area contributed by atoms with E-state index >= 15 is 0 Å². The number of hydrogen-bond donors (Lipinski definition) is 2. The molecule has 33 heavy (non-hydrogen) atoms. The lowest BCUT2D eigenvalue weighted by molar-refractivity contribution is -0.268. The third-order valence-electron chi connectivity index (χ3n) is 5.66. The quantitative estimate of drug-likeness (QED) is 0.473. The lowest BCUT2D eigenvalue weighted by Crippen LogP contribution is -2.38. The van der Waals surface area contributed by atoms with Gasteiger partial charge in [-0.15, -0.1) is 11.8 Å². The van der Waals surface area contributed by atoms with Gasteiger partial charge in [-0.3, -0.25) is 4.79 Å². The Kier molecular flexibility index (Phi) is 7.77. The molecule has 1 amide bonds. The Morgan fingerprint density at radius 1 is 1.03 bits per heavy atom. The van der Waals surface area contributed by atoms with E-state index in [2.05, 4.69) is 17.2 Å². The predicted octanol–water partition coefficient (Wildman–Crippen LogP) is 5.12. The van der Waals surface area contributed by atoms with Gasteiger partial charge in [-0.2, -0.15) is 0 Å². The minimum absolute atomic E-state index is 0.0110. The molecule has 3 aromatic rings. The Hall–Kier alpha value is -2.71. The number of nitrogens with zero attached hydrogens (tertiary/aromatic N) is 1. The molecule has 0 spiro atoms. The summed E-state index contributed by atoms with van der Waals surface area (Å²) < 4.78 is 12.9. The molecule has 0 saturated carbocycles. The first-order valence-electron chi connectivity index (χ1n) is 11.0. The van der Waals surface area contributed by atoms with Crippen molar-refractivity contribution < 1.29 is 19.4 Å². The minimum atomic E-state index is -0.538. The summed E-state index contributed by atoms with van der Waals surface area (Å²) in [6.07, 6.45) is 1.03. The maximum absolute atomic E-state index is 11.3. The number of hydrogen-bond acceptors (Lipinski definition) is 6.